The molecule has 1 heterocycles. The summed E-state index contributed by atoms with van der Waals surface area (Å²) in [5.41, 5.74) is 1.13. The van der Waals surface area contributed by atoms with E-state index in [1.807, 2.05) is 6.92 Å². The highest BCUT2D eigenvalue weighted by atomic mass is 35.5. The molecule has 24 heavy (non-hydrogen) atoms. The van der Waals surface area contributed by atoms with Gasteiger partial charge in [0.25, 0.3) is 5.69 Å². The summed E-state index contributed by atoms with van der Waals surface area (Å²) >= 11 is 6.12. The van der Waals surface area contributed by atoms with Gasteiger partial charge < -0.3 is 10.4 Å². The zero-order valence-corrected chi connectivity index (χ0v) is 14.2. The molecule has 0 spiro atoms. The molecule has 0 fully saturated rings. The van der Waals surface area contributed by atoms with Gasteiger partial charge in [-0.2, -0.15) is 5.10 Å². The Morgan fingerprint density at radius 1 is 1.50 bits per heavy atom. The van der Waals surface area contributed by atoms with Gasteiger partial charge in [-0.3, -0.25) is 19.6 Å². The van der Waals surface area contributed by atoms with E-state index in [4.69, 9.17) is 11.6 Å². The first-order chi connectivity index (χ1) is 11.3. The third-order valence-electron chi connectivity index (χ3n) is 3.67. The highest BCUT2D eigenvalue weighted by molar-refractivity contribution is 6.31. The highest BCUT2D eigenvalue weighted by Crippen LogP contribution is 2.30. The number of amides is 1. The number of non-ortho nitro benzene ring substituents is 1. The maximum atomic E-state index is 12.5. The fraction of sp³-hybridized carbons (Fsp3) is 0.333. The van der Waals surface area contributed by atoms with E-state index in [0.29, 0.717) is 22.8 Å². The predicted molar refractivity (Wildman–Crippen MR) is 89.4 cm³/mol. The topological polar surface area (TPSA) is 110 Å². The number of hydrogen-bond acceptors (Lipinski definition) is 5. The molecule has 1 atom stereocenters. The van der Waals surface area contributed by atoms with Crippen LogP contribution >= 0.6 is 11.6 Å². The van der Waals surface area contributed by atoms with Gasteiger partial charge in [0, 0.05) is 6.07 Å². The Bertz CT molecular complexity index is 803. The van der Waals surface area contributed by atoms with Crippen molar-refractivity contribution in [3.05, 3.63) is 44.7 Å². The number of aryl methyl sites for hydroxylation is 1. The van der Waals surface area contributed by atoms with Crippen LogP contribution in [0.4, 0.5) is 11.4 Å². The van der Waals surface area contributed by atoms with Gasteiger partial charge in [0.05, 0.1) is 33.1 Å². The number of aromatic hydroxyl groups is 1. The lowest BCUT2D eigenvalue weighted by atomic mass is 10.2. The van der Waals surface area contributed by atoms with Crippen LogP contribution in [-0.4, -0.2) is 25.7 Å². The number of nitro benzene ring substituents is 1. The molecule has 128 valence electrons. The van der Waals surface area contributed by atoms with Crippen LogP contribution in [0.3, 0.4) is 0 Å². The average molecular weight is 353 g/mol. The van der Waals surface area contributed by atoms with Gasteiger partial charge in [-0.05, 0) is 26.3 Å². The Kier molecular flexibility index (Phi) is 5.08. The van der Waals surface area contributed by atoms with Crippen molar-refractivity contribution in [2.45, 2.75) is 33.2 Å². The number of anilines is 1. The molecule has 0 radical (unpaired) electrons. The summed E-state index contributed by atoms with van der Waals surface area (Å²) in [5, 5.41) is 27.9. The first kappa shape index (κ1) is 17.7. The zero-order chi connectivity index (χ0) is 18.0. The van der Waals surface area contributed by atoms with Crippen LogP contribution in [-0.2, 0) is 4.79 Å². The second kappa shape index (κ2) is 6.88. The van der Waals surface area contributed by atoms with E-state index in [9.17, 15) is 20.0 Å². The lowest BCUT2D eigenvalue weighted by molar-refractivity contribution is -0.384. The molecule has 2 rings (SSSR count). The molecule has 1 unspecified atom stereocenters. The van der Waals surface area contributed by atoms with Crippen molar-refractivity contribution in [2.75, 3.05) is 5.32 Å². The lowest BCUT2D eigenvalue weighted by Crippen LogP contribution is -2.27. The van der Waals surface area contributed by atoms with Crippen LogP contribution in [0, 0.1) is 24.0 Å². The lowest BCUT2D eigenvalue weighted by Gasteiger charge is -2.17. The quantitative estimate of drug-likeness (QED) is 0.487. The van der Waals surface area contributed by atoms with E-state index in [-0.39, 0.29) is 17.1 Å². The van der Waals surface area contributed by atoms with E-state index in [1.54, 1.807) is 13.8 Å². The van der Waals surface area contributed by atoms with Gasteiger partial charge in [0.15, 0.2) is 0 Å². The predicted octanol–water partition coefficient (Wildman–Crippen LogP) is 3.36. The molecule has 0 aliphatic carbocycles. The van der Waals surface area contributed by atoms with Crippen LogP contribution in [0.25, 0.3) is 0 Å². The molecule has 1 amide bonds. The van der Waals surface area contributed by atoms with Crippen molar-refractivity contribution in [2.24, 2.45) is 0 Å². The fourth-order valence-electron chi connectivity index (χ4n) is 2.37. The van der Waals surface area contributed by atoms with E-state index in [2.05, 4.69) is 10.4 Å². The molecule has 9 heteroatoms. The second-order valence-electron chi connectivity index (χ2n) is 5.30. The van der Waals surface area contributed by atoms with E-state index >= 15 is 0 Å². The third-order valence-corrected chi connectivity index (χ3v) is 4.22. The Labute approximate surface area is 143 Å². The number of rotatable bonds is 5. The van der Waals surface area contributed by atoms with Gasteiger partial charge in [-0.25, -0.2) is 0 Å². The molecule has 0 saturated heterocycles. The summed E-state index contributed by atoms with van der Waals surface area (Å²) in [6.07, 6.45) is 0.456. The van der Waals surface area contributed by atoms with Gasteiger partial charge in [0.1, 0.15) is 11.8 Å². The van der Waals surface area contributed by atoms with Gasteiger partial charge in [-0.1, -0.05) is 18.5 Å². The van der Waals surface area contributed by atoms with E-state index in [0.717, 1.165) is 6.07 Å². The molecule has 2 aromatic rings. The van der Waals surface area contributed by atoms with Crippen molar-refractivity contribution in [3.8, 4) is 5.75 Å². The van der Waals surface area contributed by atoms with E-state index in [1.165, 1.54) is 16.8 Å². The molecule has 0 bridgehead atoms. The number of nitro groups is 1. The minimum atomic E-state index is -0.627. The van der Waals surface area contributed by atoms with E-state index < -0.39 is 16.9 Å². The molecule has 1 aromatic heterocycles. The molecule has 0 aliphatic rings. The maximum Gasteiger partial charge on any atom is 0.273 e. The molecule has 2 N–H and O–H groups in total. The van der Waals surface area contributed by atoms with Crippen molar-refractivity contribution in [3.63, 3.8) is 0 Å². The largest absolute Gasteiger partial charge is 0.506 e. The van der Waals surface area contributed by atoms with Crippen LogP contribution in [0.15, 0.2) is 18.2 Å². The minimum Gasteiger partial charge on any atom is -0.506 e. The van der Waals surface area contributed by atoms with Crippen molar-refractivity contribution >= 4 is 28.9 Å². The Morgan fingerprint density at radius 2 is 2.17 bits per heavy atom. The molecule has 0 aliphatic heterocycles. The van der Waals surface area contributed by atoms with Crippen molar-refractivity contribution < 1.29 is 14.8 Å². The number of carbonyl (C=O) groups excluding carboxylic acids is 1. The van der Waals surface area contributed by atoms with Crippen LogP contribution in [0.1, 0.15) is 30.8 Å². The first-order valence-electron chi connectivity index (χ1n) is 7.25. The number of nitrogens with one attached hydrogen (secondary N) is 1. The number of nitrogens with zero attached hydrogens (tertiary/aromatic N) is 3. The summed E-state index contributed by atoms with van der Waals surface area (Å²) in [6.45, 7) is 5.34. The normalized spacial score (nSPS) is 12.0. The summed E-state index contributed by atoms with van der Waals surface area (Å²) in [7, 11) is 0. The summed E-state index contributed by atoms with van der Waals surface area (Å²) in [5.74, 6) is -0.775. The highest BCUT2D eigenvalue weighted by Gasteiger charge is 2.24. The second-order valence-corrected chi connectivity index (χ2v) is 5.68. The molecule has 1 aromatic carbocycles. The number of carbonyl (C=O) groups is 1. The van der Waals surface area contributed by atoms with Crippen LogP contribution in [0.2, 0.25) is 5.02 Å². The van der Waals surface area contributed by atoms with Crippen molar-refractivity contribution in [1.29, 1.82) is 0 Å². The Balaban J connectivity index is 2.27. The average Bonchev–Trinajstić information content (AvgIpc) is 2.77. The van der Waals surface area contributed by atoms with Crippen LogP contribution < -0.4 is 5.32 Å². The number of aromatic nitrogens is 2. The smallest absolute Gasteiger partial charge is 0.273 e. The fourth-order valence-corrected chi connectivity index (χ4v) is 2.50. The zero-order valence-electron chi connectivity index (χ0n) is 13.4. The third kappa shape index (κ3) is 3.33. The van der Waals surface area contributed by atoms with Crippen molar-refractivity contribution in [1.82, 2.24) is 9.78 Å². The number of hydrogen-bond donors (Lipinski definition) is 2. The van der Waals surface area contributed by atoms with Crippen LogP contribution in [0.5, 0.6) is 5.75 Å². The monoisotopic (exact) mass is 352 g/mol. The first-order valence-corrected chi connectivity index (χ1v) is 7.63. The summed E-state index contributed by atoms with van der Waals surface area (Å²) in [4.78, 5) is 22.6. The number of phenolic OH excluding ortho intramolecular Hbond substituents is 1. The number of halogens is 1. The van der Waals surface area contributed by atoms with Gasteiger partial charge >= 0.3 is 0 Å². The Hall–Kier alpha value is -2.61. The molecular formula is C15H17ClN4O4. The number of benzene rings is 1. The maximum absolute atomic E-state index is 12.5. The Morgan fingerprint density at radius 3 is 2.62 bits per heavy atom. The van der Waals surface area contributed by atoms with Gasteiger partial charge in [0.2, 0.25) is 5.91 Å². The van der Waals surface area contributed by atoms with Gasteiger partial charge in [-0.15, -0.1) is 0 Å². The summed E-state index contributed by atoms with van der Waals surface area (Å²) < 4.78 is 1.54. The molecule has 8 nitrogen and oxygen atoms in total. The molecule has 0 saturated carbocycles. The standard InChI is InChI=1S/C15H17ClN4O4/c1-4-12(19-9(3)14(16)8(2)18-19)15(22)17-11-6-5-10(20(23)24)7-13(11)21/h5-7,12,21H,4H2,1-3H3,(H,17,22). The molecular weight excluding hydrogens is 336 g/mol. The SMILES string of the molecule is CCC(C(=O)Nc1ccc([N+](=O)[O-])cc1O)n1nc(C)c(Cl)c1C. The minimum absolute atomic E-state index is 0.0941. The number of phenols is 1. The summed E-state index contributed by atoms with van der Waals surface area (Å²) in [6, 6.07) is 2.85.